The van der Waals surface area contributed by atoms with Crippen LogP contribution in [0.25, 0.3) is 11.3 Å². The molecule has 0 aliphatic carbocycles. The summed E-state index contributed by atoms with van der Waals surface area (Å²) < 4.78 is 5.90. The lowest BCUT2D eigenvalue weighted by atomic mass is 10.1. The molecule has 0 saturated carbocycles. The van der Waals surface area contributed by atoms with Crippen molar-refractivity contribution < 1.29 is 9.53 Å². The maximum absolute atomic E-state index is 11.9. The Labute approximate surface area is 200 Å². The van der Waals surface area contributed by atoms with E-state index in [9.17, 15) is 4.79 Å². The highest BCUT2D eigenvalue weighted by molar-refractivity contribution is 14.1. The number of anilines is 1. The van der Waals surface area contributed by atoms with E-state index in [2.05, 4.69) is 5.32 Å². The molecule has 1 fully saturated rings. The number of aryl methyl sites for hydroxylation is 2. The molecule has 30 heavy (non-hydrogen) atoms. The minimum atomic E-state index is -0.0873. The van der Waals surface area contributed by atoms with Crippen molar-refractivity contribution in [1.82, 2.24) is 14.9 Å². The van der Waals surface area contributed by atoms with Crippen LogP contribution in [0.2, 0.25) is 10.0 Å². The van der Waals surface area contributed by atoms with Crippen LogP contribution in [0.5, 0.6) is 0 Å². The lowest BCUT2D eigenvalue weighted by molar-refractivity contribution is 0.0663. The van der Waals surface area contributed by atoms with Crippen molar-refractivity contribution in [2.45, 2.75) is 45.8 Å². The first-order valence-corrected chi connectivity index (χ1v) is 11.9. The Morgan fingerprint density at radius 1 is 1.20 bits per heavy atom. The number of nitrogens with one attached hydrogen (secondary N) is 1. The van der Waals surface area contributed by atoms with Crippen molar-refractivity contribution in [2.75, 3.05) is 25.0 Å². The fourth-order valence-corrected chi connectivity index (χ4v) is 4.52. The topological polar surface area (TPSA) is 67.3 Å². The van der Waals surface area contributed by atoms with Crippen LogP contribution in [-0.4, -0.2) is 50.6 Å². The first-order valence-electron chi connectivity index (χ1n) is 10.1. The van der Waals surface area contributed by atoms with Crippen LogP contribution in [0.1, 0.15) is 32.2 Å². The predicted octanol–water partition coefficient (Wildman–Crippen LogP) is 5.63. The van der Waals surface area contributed by atoms with Gasteiger partial charge in [0.25, 0.3) is 3.91 Å². The van der Waals surface area contributed by atoms with Gasteiger partial charge in [-0.15, -0.1) is 0 Å². The van der Waals surface area contributed by atoms with Gasteiger partial charge in [-0.3, -0.25) is 4.79 Å². The summed E-state index contributed by atoms with van der Waals surface area (Å²) in [4.78, 5) is 23.5. The quantitative estimate of drug-likeness (QED) is 0.269. The van der Waals surface area contributed by atoms with E-state index in [1.54, 1.807) is 11.0 Å². The third kappa shape index (κ3) is 5.18. The van der Waals surface area contributed by atoms with Crippen LogP contribution >= 0.6 is 45.8 Å². The number of aromatic nitrogens is 2. The molecular weight excluding hydrogens is 538 g/mol. The number of ether oxygens (including phenoxy) is 1. The van der Waals surface area contributed by atoms with Crippen molar-refractivity contribution >= 4 is 55.5 Å². The van der Waals surface area contributed by atoms with Gasteiger partial charge in [0, 0.05) is 52.9 Å². The van der Waals surface area contributed by atoms with E-state index < -0.39 is 0 Å². The summed E-state index contributed by atoms with van der Waals surface area (Å²) >= 11 is 14.3. The minimum Gasteiger partial charge on any atom is -0.374 e. The fraction of sp³-hybridized carbons (Fsp3) is 0.476. The third-order valence-corrected chi connectivity index (χ3v) is 6.34. The van der Waals surface area contributed by atoms with E-state index in [1.807, 2.05) is 55.5 Å². The molecule has 1 saturated heterocycles. The lowest BCUT2D eigenvalue weighted by Gasteiger charge is -2.22. The normalized spacial score (nSPS) is 18.7. The molecule has 162 valence electrons. The van der Waals surface area contributed by atoms with Crippen molar-refractivity contribution in [2.24, 2.45) is 0 Å². The van der Waals surface area contributed by atoms with Gasteiger partial charge in [-0.2, -0.15) is 0 Å². The zero-order valence-corrected chi connectivity index (χ0v) is 20.9. The molecule has 1 aliphatic heterocycles. The SMILES string of the molecule is CCO[C@H]1CN(C(=O)I)C[C@H]1Nc1nc(CC)c(-c2ccc(Cl)cc2Cl)nc1CC. The number of amides is 1. The van der Waals surface area contributed by atoms with Gasteiger partial charge in [-0.05, 0) is 38.0 Å². The molecule has 0 bridgehead atoms. The van der Waals surface area contributed by atoms with Crippen molar-refractivity contribution in [3.05, 3.63) is 39.6 Å². The number of carbonyl (C=O) groups excluding carboxylic acids is 1. The Morgan fingerprint density at radius 2 is 1.93 bits per heavy atom. The molecule has 2 atom stereocenters. The van der Waals surface area contributed by atoms with E-state index >= 15 is 0 Å². The maximum atomic E-state index is 11.9. The number of hydrogen-bond acceptors (Lipinski definition) is 5. The van der Waals surface area contributed by atoms with Gasteiger partial charge in [-0.25, -0.2) is 9.97 Å². The summed E-state index contributed by atoms with van der Waals surface area (Å²) in [5.41, 5.74) is 3.30. The smallest absolute Gasteiger partial charge is 0.283 e. The van der Waals surface area contributed by atoms with Crippen LogP contribution in [-0.2, 0) is 17.6 Å². The Kier molecular flexibility index (Phi) is 8.17. The van der Waals surface area contributed by atoms with Gasteiger partial charge in [0.15, 0.2) is 0 Å². The molecule has 9 heteroatoms. The molecule has 1 N–H and O–H groups in total. The highest BCUT2D eigenvalue weighted by atomic mass is 127. The second kappa shape index (κ2) is 10.4. The van der Waals surface area contributed by atoms with E-state index in [1.165, 1.54) is 0 Å². The number of likely N-dealkylation sites (tertiary alicyclic amines) is 1. The molecule has 0 spiro atoms. The van der Waals surface area contributed by atoms with E-state index in [4.69, 9.17) is 37.9 Å². The average Bonchev–Trinajstić information content (AvgIpc) is 3.11. The fourth-order valence-electron chi connectivity index (χ4n) is 3.63. The van der Waals surface area contributed by atoms with Gasteiger partial charge < -0.3 is 15.0 Å². The monoisotopic (exact) mass is 562 g/mol. The van der Waals surface area contributed by atoms with Crippen LogP contribution < -0.4 is 5.32 Å². The summed E-state index contributed by atoms with van der Waals surface area (Å²) in [6.07, 6.45) is 1.33. The van der Waals surface area contributed by atoms with Crippen molar-refractivity contribution in [3.63, 3.8) is 0 Å². The second-order valence-corrected chi connectivity index (χ2v) is 8.81. The molecule has 3 rings (SSSR count). The molecule has 2 aromatic rings. The van der Waals surface area contributed by atoms with Crippen molar-refractivity contribution in [1.29, 1.82) is 0 Å². The molecule has 1 aromatic carbocycles. The van der Waals surface area contributed by atoms with Crippen molar-refractivity contribution in [3.8, 4) is 11.3 Å². The minimum absolute atomic E-state index is 0.0189. The number of carbonyl (C=O) groups is 1. The van der Waals surface area contributed by atoms with E-state index in [-0.39, 0.29) is 16.1 Å². The zero-order chi connectivity index (χ0) is 21.8. The molecule has 1 aromatic heterocycles. The first-order chi connectivity index (χ1) is 14.4. The van der Waals surface area contributed by atoms with Gasteiger partial charge >= 0.3 is 0 Å². The summed E-state index contributed by atoms with van der Waals surface area (Å²) in [5.74, 6) is 0.737. The molecule has 1 amide bonds. The Morgan fingerprint density at radius 3 is 2.53 bits per heavy atom. The molecular formula is C21H25Cl2IN4O2. The first kappa shape index (κ1) is 23.5. The van der Waals surface area contributed by atoms with E-state index in [0.29, 0.717) is 42.6 Å². The third-order valence-electron chi connectivity index (χ3n) is 5.11. The average molecular weight is 563 g/mol. The predicted molar refractivity (Wildman–Crippen MR) is 130 cm³/mol. The molecule has 2 heterocycles. The lowest BCUT2D eigenvalue weighted by Crippen LogP contribution is -2.35. The number of benzene rings is 1. The van der Waals surface area contributed by atoms with Crippen LogP contribution in [0.15, 0.2) is 18.2 Å². The standard InChI is InChI=1S/C21H25Cl2IN4O2/c1-4-15-19(13-8-7-12(22)9-14(13)23)25-16(5-2)20(26-15)27-17-10-28(21(24)29)11-18(17)30-6-3/h7-9,17-18H,4-6,10-11H2,1-3H3,(H,26,27)/t17-,18+/m1/s1. The number of nitrogens with zero attached hydrogens (tertiary/aromatic N) is 3. The summed E-state index contributed by atoms with van der Waals surface area (Å²) in [6.45, 7) is 7.78. The summed E-state index contributed by atoms with van der Waals surface area (Å²) in [7, 11) is 0. The molecule has 1 aliphatic rings. The Bertz CT molecular complexity index is 928. The second-order valence-electron chi connectivity index (χ2n) is 7.05. The largest absolute Gasteiger partial charge is 0.374 e. The zero-order valence-electron chi connectivity index (χ0n) is 17.2. The van der Waals surface area contributed by atoms with Gasteiger partial charge in [0.2, 0.25) is 0 Å². The number of halogens is 3. The summed E-state index contributed by atoms with van der Waals surface area (Å²) in [5, 5.41) is 4.65. The Balaban J connectivity index is 1.96. The number of hydrogen-bond donors (Lipinski definition) is 1. The van der Waals surface area contributed by atoms with Crippen LogP contribution in [0.4, 0.5) is 10.6 Å². The summed E-state index contributed by atoms with van der Waals surface area (Å²) in [6, 6.07) is 5.37. The van der Waals surface area contributed by atoms with Crippen LogP contribution in [0, 0.1) is 0 Å². The van der Waals surface area contributed by atoms with Crippen LogP contribution in [0.3, 0.4) is 0 Å². The maximum Gasteiger partial charge on any atom is 0.283 e. The highest BCUT2D eigenvalue weighted by Crippen LogP contribution is 2.33. The molecule has 6 nitrogen and oxygen atoms in total. The molecule has 0 radical (unpaired) electrons. The van der Waals surface area contributed by atoms with Gasteiger partial charge in [0.1, 0.15) is 5.82 Å². The van der Waals surface area contributed by atoms with Gasteiger partial charge in [-0.1, -0.05) is 37.0 Å². The Hall–Kier alpha value is -1.16. The van der Waals surface area contributed by atoms with E-state index in [0.717, 1.165) is 28.5 Å². The molecule has 0 unspecified atom stereocenters. The number of rotatable bonds is 7. The van der Waals surface area contributed by atoms with Gasteiger partial charge in [0.05, 0.1) is 34.3 Å². The highest BCUT2D eigenvalue weighted by Gasteiger charge is 2.36.